The minimum atomic E-state index is -1.06. The van der Waals surface area contributed by atoms with Crippen LogP contribution in [-0.4, -0.2) is 28.6 Å². The largest absolute Gasteiger partial charge is 0.481 e. The molecule has 3 amide bonds. The van der Waals surface area contributed by atoms with Crippen molar-refractivity contribution in [3.05, 3.63) is 35.9 Å². The van der Waals surface area contributed by atoms with Gasteiger partial charge >= 0.3 is 12.0 Å². The Morgan fingerprint density at radius 1 is 1.27 bits per heavy atom. The molecule has 1 aromatic rings. The highest BCUT2D eigenvalue weighted by atomic mass is 16.4. The molecule has 0 bridgehead atoms. The lowest BCUT2D eigenvalue weighted by atomic mass is 9.85. The summed E-state index contributed by atoms with van der Waals surface area (Å²) in [5.74, 6) is -2.14. The second-order valence-electron chi connectivity index (χ2n) is 6.01. The number of amides is 3. The lowest BCUT2D eigenvalue weighted by Crippen LogP contribution is -2.50. The number of rotatable bonds is 6. The first-order valence-corrected chi connectivity index (χ1v) is 7.43. The molecule has 6 heteroatoms. The third-order valence-electron chi connectivity index (χ3n) is 4.59. The zero-order chi connectivity index (χ0) is 15.7. The van der Waals surface area contributed by atoms with Gasteiger partial charge in [0.05, 0.1) is 5.92 Å². The molecule has 22 heavy (non-hydrogen) atoms. The molecular formula is C16H18N2O4. The second kappa shape index (κ2) is 5.44. The van der Waals surface area contributed by atoms with Crippen molar-refractivity contribution < 1.29 is 19.5 Å². The van der Waals surface area contributed by atoms with E-state index in [1.807, 2.05) is 30.3 Å². The second-order valence-corrected chi connectivity index (χ2v) is 6.01. The van der Waals surface area contributed by atoms with E-state index in [2.05, 4.69) is 10.6 Å². The van der Waals surface area contributed by atoms with Gasteiger partial charge in [0, 0.05) is 5.92 Å². The van der Waals surface area contributed by atoms with Crippen molar-refractivity contribution in [2.24, 2.45) is 11.8 Å². The number of hydrogen-bond donors (Lipinski definition) is 3. The SMILES string of the molecule is O=C1NC(=O)C(CCCc2ccccc2)(C2CC2C(=O)O)N1. The van der Waals surface area contributed by atoms with Crippen LogP contribution in [0.15, 0.2) is 30.3 Å². The summed E-state index contributed by atoms with van der Waals surface area (Å²) in [7, 11) is 0. The maximum atomic E-state index is 12.2. The van der Waals surface area contributed by atoms with Gasteiger partial charge in [-0.3, -0.25) is 14.9 Å². The number of carbonyl (C=O) groups excluding carboxylic acids is 2. The quantitative estimate of drug-likeness (QED) is 0.690. The van der Waals surface area contributed by atoms with Gasteiger partial charge in [0.1, 0.15) is 5.54 Å². The highest BCUT2D eigenvalue weighted by Gasteiger charge is 2.62. The smallest absolute Gasteiger partial charge is 0.322 e. The summed E-state index contributed by atoms with van der Waals surface area (Å²) in [6.07, 6.45) is 2.39. The average molecular weight is 302 g/mol. The maximum absolute atomic E-state index is 12.2. The van der Waals surface area contributed by atoms with Gasteiger partial charge in [-0.2, -0.15) is 0 Å². The van der Waals surface area contributed by atoms with Crippen LogP contribution in [0.1, 0.15) is 24.8 Å². The topological polar surface area (TPSA) is 95.5 Å². The molecule has 3 rings (SSSR count). The van der Waals surface area contributed by atoms with E-state index < -0.39 is 23.5 Å². The Morgan fingerprint density at radius 2 is 2.00 bits per heavy atom. The van der Waals surface area contributed by atoms with E-state index in [0.717, 1.165) is 12.0 Å². The summed E-state index contributed by atoms with van der Waals surface area (Å²) in [6, 6.07) is 9.35. The molecule has 0 radical (unpaired) electrons. The van der Waals surface area contributed by atoms with Gasteiger partial charge in [-0.25, -0.2) is 4.79 Å². The highest BCUT2D eigenvalue weighted by Crippen LogP contribution is 2.49. The summed E-state index contributed by atoms with van der Waals surface area (Å²) in [5.41, 5.74) is 0.0996. The molecule has 116 valence electrons. The van der Waals surface area contributed by atoms with Gasteiger partial charge in [-0.1, -0.05) is 30.3 Å². The first-order chi connectivity index (χ1) is 10.5. The van der Waals surface area contributed by atoms with Crippen molar-refractivity contribution in [3.63, 3.8) is 0 Å². The minimum Gasteiger partial charge on any atom is -0.481 e. The number of benzene rings is 1. The van der Waals surface area contributed by atoms with Crippen LogP contribution in [0.25, 0.3) is 0 Å². The molecule has 3 N–H and O–H groups in total. The Labute approximate surface area is 127 Å². The monoisotopic (exact) mass is 302 g/mol. The zero-order valence-corrected chi connectivity index (χ0v) is 12.0. The minimum absolute atomic E-state index is 0.313. The number of urea groups is 1. The van der Waals surface area contributed by atoms with Crippen molar-refractivity contribution in [2.75, 3.05) is 0 Å². The molecule has 1 saturated carbocycles. The lowest BCUT2D eigenvalue weighted by molar-refractivity contribution is -0.139. The Morgan fingerprint density at radius 3 is 2.55 bits per heavy atom. The van der Waals surface area contributed by atoms with Crippen LogP contribution < -0.4 is 10.6 Å². The molecule has 6 nitrogen and oxygen atoms in total. The van der Waals surface area contributed by atoms with Crippen LogP contribution in [0.2, 0.25) is 0 Å². The van der Waals surface area contributed by atoms with E-state index in [1.165, 1.54) is 0 Å². The fourth-order valence-corrected chi connectivity index (χ4v) is 3.36. The molecule has 1 heterocycles. The number of hydrogen-bond acceptors (Lipinski definition) is 3. The van der Waals surface area contributed by atoms with Crippen LogP contribution in [0.5, 0.6) is 0 Å². The Bertz CT molecular complexity index is 616. The summed E-state index contributed by atoms with van der Waals surface area (Å²) in [5, 5.41) is 14.1. The van der Waals surface area contributed by atoms with Crippen molar-refractivity contribution in [2.45, 2.75) is 31.2 Å². The molecule has 0 aromatic heterocycles. The third kappa shape index (κ3) is 2.56. The average Bonchev–Trinajstić information content (AvgIpc) is 3.23. The molecule has 1 aliphatic heterocycles. The van der Waals surface area contributed by atoms with Crippen molar-refractivity contribution in [1.29, 1.82) is 0 Å². The van der Waals surface area contributed by atoms with Gasteiger partial charge in [-0.15, -0.1) is 0 Å². The van der Waals surface area contributed by atoms with Crippen molar-refractivity contribution >= 4 is 17.9 Å². The van der Waals surface area contributed by atoms with Crippen LogP contribution in [0.4, 0.5) is 4.79 Å². The first-order valence-electron chi connectivity index (χ1n) is 7.43. The van der Waals surface area contributed by atoms with E-state index >= 15 is 0 Å². The molecule has 2 aliphatic rings. The van der Waals surface area contributed by atoms with E-state index in [1.54, 1.807) is 0 Å². The highest BCUT2D eigenvalue weighted by molar-refractivity contribution is 6.07. The van der Waals surface area contributed by atoms with Crippen LogP contribution >= 0.6 is 0 Å². The van der Waals surface area contributed by atoms with Crippen molar-refractivity contribution in [1.82, 2.24) is 10.6 Å². The number of imide groups is 1. The first kappa shape index (κ1) is 14.6. The predicted octanol–water partition coefficient (Wildman–Crippen LogP) is 1.31. The summed E-state index contributed by atoms with van der Waals surface area (Å²) in [6.45, 7) is 0. The lowest BCUT2D eigenvalue weighted by Gasteiger charge is -2.26. The number of nitrogens with one attached hydrogen (secondary N) is 2. The maximum Gasteiger partial charge on any atom is 0.322 e. The Hall–Kier alpha value is -2.37. The Balaban J connectivity index is 1.69. The molecule has 1 aromatic carbocycles. The van der Waals surface area contributed by atoms with Crippen molar-refractivity contribution in [3.8, 4) is 0 Å². The van der Waals surface area contributed by atoms with Gasteiger partial charge in [-0.05, 0) is 31.2 Å². The number of aryl methyl sites for hydroxylation is 1. The van der Waals surface area contributed by atoms with Crippen LogP contribution in [0, 0.1) is 11.8 Å². The molecular weight excluding hydrogens is 284 g/mol. The molecule has 2 fully saturated rings. The number of carbonyl (C=O) groups is 3. The zero-order valence-electron chi connectivity index (χ0n) is 12.0. The standard InChI is InChI=1S/C16H18N2O4/c19-13(20)11-9-12(11)16(14(21)17-15(22)18-16)8-4-7-10-5-2-1-3-6-10/h1-3,5-6,11-12H,4,7-9H2,(H,19,20)(H2,17,18,21,22). The van der Waals surface area contributed by atoms with E-state index in [0.29, 0.717) is 19.3 Å². The molecule has 1 saturated heterocycles. The predicted molar refractivity (Wildman–Crippen MR) is 78.0 cm³/mol. The van der Waals surface area contributed by atoms with Gasteiger partial charge in [0.2, 0.25) is 0 Å². The molecule has 3 unspecified atom stereocenters. The van der Waals surface area contributed by atoms with Gasteiger partial charge < -0.3 is 10.4 Å². The fourth-order valence-electron chi connectivity index (χ4n) is 3.36. The Kier molecular flexibility index (Phi) is 3.60. The number of carboxylic acids is 1. The summed E-state index contributed by atoms with van der Waals surface area (Å²) in [4.78, 5) is 34.8. The number of aliphatic carboxylic acids is 1. The van der Waals surface area contributed by atoms with E-state index in [9.17, 15) is 14.4 Å². The van der Waals surface area contributed by atoms with E-state index in [-0.39, 0.29) is 11.8 Å². The van der Waals surface area contributed by atoms with Gasteiger partial charge in [0.15, 0.2) is 0 Å². The normalized spacial score (nSPS) is 29.8. The summed E-state index contributed by atoms with van der Waals surface area (Å²) < 4.78 is 0. The summed E-state index contributed by atoms with van der Waals surface area (Å²) >= 11 is 0. The van der Waals surface area contributed by atoms with E-state index in [4.69, 9.17) is 5.11 Å². The van der Waals surface area contributed by atoms with Crippen LogP contribution in [-0.2, 0) is 16.0 Å². The molecule has 1 aliphatic carbocycles. The van der Waals surface area contributed by atoms with Crippen LogP contribution in [0.3, 0.4) is 0 Å². The van der Waals surface area contributed by atoms with Gasteiger partial charge in [0.25, 0.3) is 5.91 Å². The number of carboxylic acid groups (broad SMARTS) is 1. The third-order valence-corrected chi connectivity index (χ3v) is 4.59. The fraction of sp³-hybridized carbons (Fsp3) is 0.438. The molecule has 3 atom stereocenters. The molecule has 0 spiro atoms.